The van der Waals surface area contributed by atoms with Crippen molar-refractivity contribution in [2.45, 2.75) is 0 Å². The van der Waals surface area contributed by atoms with E-state index in [9.17, 15) is 10.1 Å². The standard InChI is InChI=1S/C9H6N3O2/c13-12(14)8-3-1-7(2-4-8)9-10-5-6-11-9/h1-6H. The molecule has 0 saturated heterocycles. The molecule has 1 aliphatic heterocycles. The minimum Gasteiger partial charge on any atom is -0.258 e. The molecule has 1 aromatic carbocycles. The fraction of sp³-hybridized carbons (Fsp3) is 0. The molecular weight excluding hydrogens is 182 g/mol. The Morgan fingerprint density at radius 1 is 1.14 bits per heavy atom. The van der Waals surface area contributed by atoms with Gasteiger partial charge in [-0.05, 0) is 12.1 Å². The molecule has 0 aromatic heterocycles. The highest BCUT2D eigenvalue weighted by molar-refractivity contribution is 6.00. The lowest BCUT2D eigenvalue weighted by Crippen LogP contribution is -2.07. The fourth-order valence-corrected chi connectivity index (χ4v) is 1.12. The predicted molar refractivity (Wildman–Crippen MR) is 50.9 cm³/mol. The Kier molecular flexibility index (Phi) is 1.98. The van der Waals surface area contributed by atoms with E-state index in [0.717, 1.165) is 5.56 Å². The zero-order valence-electron chi connectivity index (χ0n) is 7.12. The molecule has 0 atom stereocenters. The number of non-ortho nitro benzene ring substituents is 1. The highest BCUT2D eigenvalue weighted by Crippen LogP contribution is 2.13. The summed E-state index contributed by atoms with van der Waals surface area (Å²) in [5.41, 5.74) is 0.848. The smallest absolute Gasteiger partial charge is 0.258 e. The summed E-state index contributed by atoms with van der Waals surface area (Å²) >= 11 is 0. The van der Waals surface area contributed by atoms with Crippen molar-refractivity contribution in [1.82, 2.24) is 5.32 Å². The van der Waals surface area contributed by atoms with Crippen LogP contribution in [0.4, 0.5) is 5.69 Å². The zero-order valence-corrected chi connectivity index (χ0v) is 7.12. The van der Waals surface area contributed by atoms with E-state index in [4.69, 9.17) is 0 Å². The normalized spacial score (nSPS) is 13.6. The van der Waals surface area contributed by atoms with Gasteiger partial charge in [-0.2, -0.15) is 0 Å². The van der Waals surface area contributed by atoms with Crippen LogP contribution in [0.1, 0.15) is 5.56 Å². The van der Waals surface area contributed by atoms with Gasteiger partial charge in [-0.15, -0.1) is 0 Å². The van der Waals surface area contributed by atoms with Gasteiger partial charge >= 0.3 is 0 Å². The minimum absolute atomic E-state index is 0.0697. The molecule has 0 bridgehead atoms. The van der Waals surface area contributed by atoms with Crippen LogP contribution in [0.2, 0.25) is 0 Å². The van der Waals surface area contributed by atoms with Crippen LogP contribution in [0.3, 0.4) is 0 Å². The second-order valence-corrected chi connectivity index (χ2v) is 2.68. The molecule has 1 aromatic rings. The number of benzene rings is 1. The van der Waals surface area contributed by atoms with Gasteiger partial charge in [-0.1, -0.05) is 0 Å². The summed E-state index contributed by atoms with van der Waals surface area (Å²) in [6.07, 6.45) is 3.16. The quantitative estimate of drug-likeness (QED) is 0.520. The van der Waals surface area contributed by atoms with Crippen LogP contribution < -0.4 is 5.32 Å². The fourth-order valence-electron chi connectivity index (χ4n) is 1.12. The summed E-state index contributed by atoms with van der Waals surface area (Å²) in [6, 6.07) is 6.14. The van der Waals surface area contributed by atoms with Crippen molar-refractivity contribution in [3.8, 4) is 0 Å². The van der Waals surface area contributed by atoms with Crippen molar-refractivity contribution < 1.29 is 4.92 Å². The minimum atomic E-state index is -0.435. The number of hydrogen-bond acceptors (Lipinski definition) is 3. The summed E-state index contributed by atoms with van der Waals surface area (Å²) in [4.78, 5) is 13.9. The first kappa shape index (κ1) is 8.43. The second kappa shape index (κ2) is 3.29. The number of rotatable bonds is 2. The molecule has 1 aliphatic rings. The van der Waals surface area contributed by atoms with E-state index < -0.39 is 4.92 Å². The first-order valence-electron chi connectivity index (χ1n) is 3.96. The Morgan fingerprint density at radius 2 is 1.86 bits per heavy atom. The van der Waals surface area contributed by atoms with E-state index in [1.807, 2.05) is 0 Å². The maximum atomic E-state index is 10.4. The molecule has 0 unspecified atom stereocenters. The Hall–Kier alpha value is -2.17. The topological polar surface area (TPSA) is 69.6 Å². The largest absolute Gasteiger partial charge is 0.269 e. The third-order valence-electron chi connectivity index (χ3n) is 1.80. The highest BCUT2D eigenvalue weighted by atomic mass is 16.6. The van der Waals surface area contributed by atoms with Crippen LogP contribution in [0.5, 0.6) is 0 Å². The molecule has 5 heteroatoms. The van der Waals surface area contributed by atoms with Crippen molar-refractivity contribution in [2.75, 3.05) is 0 Å². The van der Waals surface area contributed by atoms with Gasteiger partial charge < -0.3 is 0 Å². The maximum absolute atomic E-state index is 10.4. The molecule has 0 saturated carbocycles. The molecule has 1 heterocycles. The van der Waals surface area contributed by atoms with E-state index in [0.29, 0.717) is 5.84 Å². The number of nitro groups is 1. The molecule has 0 fully saturated rings. The van der Waals surface area contributed by atoms with Crippen LogP contribution in [0, 0.1) is 10.1 Å². The van der Waals surface area contributed by atoms with Gasteiger partial charge in [0.1, 0.15) is 0 Å². The van der Waals surface area contributed by atoms with Crippen LogP contribution in [0.15, 0.2) is 41.7 Å². The van der Waals surface area contributed by atoms with Crippen LogP contribution in [-0.2, 0) is 0 Å². The van der Waals surface area contributed by atoms with Crippen molar-refractivity contribution in [3.63, 3.8) is 0 Å². The Bertz CT molecular complexity index is 420. The Labute approximate surface area is 79.9 Å². The summed E-state index contributed by atoms with van der Waals surface area (Å²) in [5.74, 6) is 0.583. The van der Waals surface area contributed by atoms with Gasteiger partial charge in [0.15, 0.2) is 5.84 Å². The summed E-state index contributed by atoms with van der Waals surface area (Å²) < 4.78 is 0. The van der Waals surface area contributed by atoms with Crippen LogP contribution in [-0.4, -0.2) is 10.8 Å². The maximum Gasteiger partial charge on any atom is 0.269 e. The van der Waals surface area contributed by atoms with Gasteiger partial charge in [0.25, 0.3) is 5.69 Å². The van der Waals surface area contributed by atoms with Gasteiger partial charge in [-0.3, -0.25) is 10.1 Å². The van der Waals surface area contributed by atoms with Crippen molar-refractivity contribution in [3.05, 3.63) is 52.3 Å². The van der Waals surface area contributed by atoms with E-state index in [2.05, 4.69) is 10.3 Å². The molecule has 0 aliphatic carbocycles. The number of hydrogen-bond donors (Lipinski definition) is 0. The molecule has 5 nitrogen and oxygen atoms in total. The third-order valence-corrected chi connectivity index (χ3v) is 1.80. The summed E-state index contributed by atoms with van der Waals surface area (Å²) in [7, 11) is 0. The van der Waals surface area contributed by atoms with E-state index >= 15 is 0 Å². The van der Waals surface area contributed by atoms with E-state index in [-0.39, 0.29) is 5.69 Å². The van der Waals surface area contributed by atoms with Gasteiger partial charge in [0, 0.05) is 30.1 Å². The van der Waals surface area contributed by atoms with E-state index in [1.54, 1.807) is 24.5 Å². The number of amidine groups is 1. The summed E-state index contributed by atoms with van der Waals surface area (Å²) in [6.45, 7) is 0. The lowest BCUT2D eigenvalue weighted by Gasteiger charge is -1.98. The molecule has 0 N–H and O–H groups in total. The zero-order chi connectivity index (χ0) is 9.97. The predicted octanol–water partition coefficient (Wildman–Crippen LogP) is 1.43. The first-order valence-corrected chi connectivity index (χ1v) is 3.96. The van der Waals surface area contributed by atoms with Crippen molar-refractivity contribution >= 4 is 11.5 Å². The lowest BCUT2D eigenvalue weighted by molar-refractivity contribution is -0.384. The number of nitro benzene ring substituents is 1. The molecule has 0 amide bonds. The average molecular weight is 188 g/mol. The first-order chi connectivity index (χ1) is 6.77. The van der Waals surface area contributed by atoms with Crippen molar-refractivity contribution in [2.24, 2.45) is 4.99 Å². The molecule has 0 spiro atoms. The monoisotopic (exact) mass is 188 g/mol. The third kappa shape index (κ3) is 1.47. The molecule has 69 valence electrons. The lowest BCUT2D eigenvalue weighted by atomic mass is 10.2. The second-order valence-electron chi connectivity index (χ2n) is 2.68. The molecule has 2 rings (SSSR count). The van der Waals surface area contributed by atoms with Crippen LogP contribution in [0.25, 0.3) is 0 Å². The van der Waals surface area contributed by atoms with Crippen molar-refractivity contribution in [1.29, 1.82) is 0 Å². The average Bonchev–Trinajstić information content (AvgIpc) is 2.71. The Morgan fingerprint density at radius 3 is 2.36 bits per heavy atom. The SMILES string of the molecule is O=[N+]([O-])c1ccc(C2=NC=C[N]2)cc1. The molecular formula is C9H6N3O2. The number of nitrogens with zero attached hydrogens (tertiary/aromatic N) is 3. The van der Waals surface area contributed by atoms with Crippen LogP contribution >= 0.6 is 0 Å². The number of aliphatic imine (C=N–C) groups is 1. The summed E-state index contributed by atoms with van der Waals surface area (Å²) in [5, 5.41) is 14.4. The van der Waals surface area contributed by atoms with Gasteiger partial charge in [0.05, 0.1) is 4.92 Å². The highest BCUT2D eigenvalue weighted by Gasteiger charge is 2.09. The van der Waals surface area contributed by atoms with Gasteiger partial charge in [-0.25, -0.2) is 10.3 Å². The van der Waals surface area contributed by atoms with E-state index in [1.165, 1.54) is 12.1 Å². The Balaban J connectivity index is 2.26. The molecule has 1 radical (unpaired) electrons. The molecule has 14 heavy (non-hydrogen) atoms. The van der Waals surface area contributed by atoms with Gasteiger partial charge in [0.2, 0.25) is 0 Å².